The third-order valence-electron chi connectivity index (χ3n) is 5.38. The van der Waals surface area contributed by atoms with Crippen molar-refractivity contribution >= 4 is 5.57 Å². The molecule has 1 atom stereocenters. The average Bonchev–Trinajstić information content (AvgIpc) is 2.54. The number of piperidine rings is 3. The zero-order chi connectivity index (χ0) is 13.4. The van der Waals surface area contributed by atoms with Gasteiger partial charge in [-0.15, -0.1) is 0 Å². The maximum absolute atomic E-state index is 3.85. The van der Waals surface area contributed by atoms with Crippen LogP contribution in [0, 0.1) is 5.92 Å². The lowest BCUT2D eigenvalue weighted by molar-refractivity contribution is 0.0747. The Kier molecular flexibility index (Phi) is 3.37. The van der Waals surface area contributed by atoms with Crippen molar-refractivity contribution in [1.82, 2.24) is 10.2 Å². The van der Waals surface area contributed by atoms with Crippen molar-refractivity contribution in [3.05, 3.63) is 41.5 Å². The van der Waals surface area contributed by atoms with Crippen LogP contribution in [0.25, 0.3) is 5.57 Å². The topological polar surface area (TPSA) is 15.3 Å². The summed E-state index contributed by atoms with van der Waals surface area (Å²) in [5, 5.41) is 3.85. The minimum absolute atomic E-state index is 0.715. The van der Waals surface area contributed by atoms with Crippen LogP contribution in [0.3, 0.4) is 0 Å². The van der Waals surface area contributed by atoms with E-state index >= 15 is 0 Å². The number of nitrogens with one attached hydrogen (secondary N) is 1. The van der Waals surface area contributed by atoms with Gasteiger partial charge in [0.2, 0.25) is 0 Å². The zero-order valence-corrected chi connectivity index (χ0v) is 12.1. The number of hydrogen-bond acceptors (Lipinski definition) is 2. The minimum atomic E-state index is 0.715. The maximum atomic E-state index is 3.85. The molecule has 0 aromatic heterocycles. The number of benzene rings is 1. The molecule has 0 radical (unpaired) electrons. The molecule has 1 aromatic rings. The lowest BCUT2D eigenvalue weighted by Gasteiger charge is -2.45. The second-order valence-corrected chi connectivity index (χ2v) is 6.55. The van der Waals surface area contributed by atoms with Crippen molar-refractivity contribution < 1.29 is 0 Å². The SMILES string of the molecule is C1=C(CNC2CN3CCC2CC3)c2ccccc2CC1. The lowest BCUT2D eigenvalue weighted by Crippen LogP contribution is -2.56. The van der Waals surface area contributed by atoms with Crippen LogP contribution in [0.5, 0.6) is 0 Å². The Bertz CT molecular complexity index is 512. The van der Waals surface area contributed by atoms with Gasteiger partial charge in [0.1, 0.15) is 0 Å². The fourth-order valence-corrected chi connectivity index (χ4v) is 4.17. The number of aryl methyl sites for hydroxylation is 1. The number of hydrogen-bond donors (Lipinski definition) is 1. The van der Waals surface area contributed by atoms with Gasteiger partial charge in [-0.2, -0.15) is 0 Å². The molecule has 3 heterocycles. The largest absolute Gasteiger partial charge is 0.308 e. The summed E-state index contributed by atoms with van der Waals surface area (Å²) in [6.07, 6.45) is 7.64. The predicted octanol–water partition coefficient (Wildman–Crippen LogP) is 2.70. The minimum Gasteiger partial charge on any atom is -0.308 e. The van der Waals surface area contributed by atoms with Crippen LogP contribution in [0.4, 0.5) is 0 Å². The summed E-state index contributed by atoms with van der Waals surface area (Å²) >= 11 is 0. The van der Waals surface area contributed by atoms with Gasteiger partial charge in [-0.25, -0.2) is 0 Å². The van der Waals surface area contributed by atoms with Gasteiger partial charge in [-0.1, -0.05) is 30.3 Å². The average molecular weight is 268 g/mol. The van der Waals surface area contributed by atoms with Gasteiger partial charge in [-0.05, 0) is 61.4 Å². The fourth-order valence-electron chi connectivity index (χ4n) is 4.17. The Labute approximate surface area is 121 Å². The molecule has 106 valence electrons. The zero-order valence-electron chi connectivity index (χ0n) is 12.1. The van der Waals surface area contributed by atoms with Crippen molar-refractivity contribution in [2.45, 2.75) is 31.7 Å². The summed E-state index contributed by atoms with van der Waals surface area (Å²) in [6.45, 7) is 4.97. The molecule has 3 fully saturated rings. The second kappa shape index (κ2) is 5.34. The van der Waals surface area contributed by atoms with E-state index in [0.717, 1.165) is 12.5 Å². The summed E-state index contributed by atoms with van der Waals surface area (Å²) in [4.78, 5) is 2.63. The normalized spacial score (nSPS) is 31.8. The van der Waals surface area contributed by atoms with E-state index in [0.29, 0.717) is 6.04 Å². The van der Waals surface area contributed by atoms with E-state index in [1.807, 2.05) is 0 Å². The summed E-state index contributed by atoms with van der Waals surface area (Å²) in [6, 6.07) is 9.64. The molecule has 5 rings (SSSR count). The van der Waals surface area contributed by atoms with E-state index in [1.54, 1.807) is 0 Å². The molecule has 2 heteroatoms. The van der Waals surface area contributed by atoms with Gasteiger partial charge >= 0.3 is 0 Å². The van der Waals surface area contributed by atoms with Crippen molar-refractivity contribution in [2.75, 3.05) is 26.2 Å². The van der Waals surface area contributed by atoms with Gasteiger partial charge < -0.3 is 10.2 Å². The first kappa shape index (κ1) is 12.6. The van der Waals surface area contributed by atoms with Crippen LogP contribution < -0.4 is 5.32 Å². The van der Waals surface area contributed by atoms with Crippen LogP contribution in [-0.4, -0.2) is 37.1 Å². The monoisotopic (exact) mass is 268 g/mol. The number of rotatable bonds is 3. The Hall–Kier alpha value is -1.12. The molecule has 1 aromatic carbocycles. The summed E-state index contributed by atoms with van der Waals surface area (Å²) in [7, 11) is 0. The molecule has 1 N–H and O–H groups in total. The molecule has 2 nitrogen and oxygen atoms in total. The second-order valence-electron chi connectivity index (χ2n) is 6.55. The first-order valence-corrected chi connectivity index (χ1v) is 8.13. The molecule has 20 heavy (non-hydrogen) atoms. The van der Waals surface area contributed by atoms with E-state index in [1.165, 1.54) is 62.0 Å². The molecule has 2 bridgehead atoms. The lowest BCUT2D eigenvalue weighted by atomic mass is 9.83. The highest BCUT2D eigenvalue weighted by Crippen LogP contribution is 2.29. The summed E-state index contributed by atoms with van der Waals surface area (Å²) in [5.41, 5.74) is 4.52. The van der Waals surface area contributed by atoms with Gasteiger partial charge in [-0.3, -0.25) is 0 Å². The maximum Gasteiger partial charge on any atom is 0.0227 e. The summed E-state index contributed by atoms with van der Waals surface area (Å²) in [5.74, 6) is 0.916. The Morgan fingerprint density at radius 3 is 2.80 bits per heavy atom. The molecule has 0 saturated carbocycles. The first-order valence-electron chi connectivity index (χ1n) is 8.13. The van der Waals surface area contributed by atoms with Gasteiger partial charge in [0.25, 0.3) is 0 Å². The van der Waals surface area contributed by atoms with Gasteiger partial charge in [0.05, 0.1) is 0 Å². The number of allylic oxidation sites excluding steroid dienone is 1. The van der Waals surface area contributed by atoms with Crippen molar-refractivity contribution in [2.24, 2.45) is 5.92 Å². The van der Waals surface area contributed by atoms with Gasteiger partial charge in [0, 0.05) is 19.1 Å². The van der Waals surface area contributed by atoms with Gasteiger partial charge in [0.15, 0.2) is 0 Å². The van der Waals surface area contributed by atoms with Crippen LogP contribution in [-0.2, 0) is 6.42 Å². The van der Waals surface area contributed by atoms with E-state index in [-0.39, 0.29) is 0 Å². The molecule has 0 spiro atoms. The highest BCUT2D eigenvalue weighted by molar-refractivity contribution is 5.71. The number of nitrogens with zero attached hydrogens (tertiary/aromatic N) is 1. The van der Waals surface area contributed by atoms with Crippen LogP contribution in [0.2, 0.25) is 0 Å². The first-order chi connectivity index (χ1) is 9.90. The molecular formula is C18H24N2. The number of fused-ring (bicyclic) bond motifs is 4. The highest BCUT2D eigenvalue weighted by Gasteiger charge is 2.33. The van der Waals surface area contributed by atoms with Crippen LogP contribution in [0.15, 0.2) is 30.3 Å². The Morgan fingerprint density at radius 2 is 2.00 bits per heavy atom. The van der Waals surface area contributed by atoms with Crippen LogP contribution in [0.1, 0.15) is 30.4 Å². The van der Waals surface area contributed by atoms with E-state index in [9.17, 15) is 0 Å². The molecule has 3 aliphatic heterocycles. The Morgan fingerprint density at radius 1 is 1.15 bits per heavy atom. The molecule has 1 aliphatic carbocycles. The molecule has 1 unspecified atom stereocenters. The third-order valence-corrected chi connectivity index (χ3v) is 5.38. The molecule has 0 amide bonds. The van der Waals surface area contributed by atoms with Crippen molar-refractivity contribution in [1.29, 1.82) is 0 Å². The summed E-state index contributed by atoms with van der Waals surface area (Å²) < 4.78 is 0. The Balaban J connectivity index is 1.44. The predicted molar refractivity (Wildman–Crippen MR) is 83.7 cm³/mol. The highest BCUT2D eigenvalue weighted by atomic mass is 15.2. The van der Waals surface area contributed by atoms with Crippen molar-refractivity contribution in [3.8, 4) is 0 Å². The third kappa shape index (κ3) is 2.32. The van der Waals surface area contributed by atoms with E-state index in [4.69, 9.17) is 0 Å². The quantitative estimate of drug-likeness (QED) is 0.907. The molecule has 4 aliphatic rings. The van der Waals surface area contributed by atoms with Crippen molar-refractivity contribution in [3.63, 3.8) is 0 Å². The smallest absolute Gasteiger partial charge is 0.0227 e. The van der Waals surface area contributed by atoms with E-state index in [2.05, 4.69) is 40.6 Å². The van der Waals surface area contributed by atoms with Crippen LogP contribution >= 0.6 is 0 Å². The van der Waals surface area contributed by atoms with E-state index < -0.39 is 0 Å². The standard InChI is InChI=1S/C18H24N2/c1-2-7-17-14(4-1)5-3-6-16(17)12-19-18-13-20-10-8-15(18)9-11-20/h1-2,4,6-7,15,18-19H,3,5,8-13H2. The molecular weight excluding hydrogens is 244 g/mol. The fraction of sp³-hybridized carbons (Fsp3) is 0.556. The molecule has 3 saturated heterocycles.